The van der Waals surface area contributed by atoms with Gasteiger partial charge in [-0.3, -0.25) is 10.3 Å². The molecule has 0 aliphatic carbocycles. The molecule has 0 bridgehead atoms. The summed E-state index contributed by atoms with van der Waals surface area (Å²) in [6, 6.07) is 17.5. The third-order valence-corrected chi connectivity index (χ3v) is 4.41. The second-order valence-electron chi connectivity index (χ2n) is 6.24. The second-order valence-corrected chi connectivity index (χ2v) is 6.24. The number of pyridine rings is 3. The average Bonchev–Trinajstić information content (AvgIpc) is 2.68. The molecule has 4 N–H and O–H groups in total. The number of aromatic nitrogens is 3. The highest BCUT2D eigenvalue weighted by atomic mass is 16.3. The number of hydrogen-bond donors (Lipinski definition) is 2. The maximum absolute atomic E-state index is 10.9. The van der Waals surface area contributed by atoms with Crippen molar-refractivity contribution in [2.24, 2.45) is 0 Å². The topological polar surface area (TPSA) is 73.4 Å². The molecule has 1 aromatic carbocycles. The van der Waals surface area contributed by atoms with Gasteiger partial charge in [-0.15, -0.1) is 0 Å². The summed E-state index contributed by atoms with van der Waals surface area (Å²) in [6.07, 6.45) is 5.45. The minimum Gasteiger partial charge on any atom is -0.505 e. The number of hydrogen-bond acceptors (Lipinski definition) is 3. The van der Waals surface area contributed by atoms with Gasteiger partial charge >= 0.3 is 0 Å². The SMILES string of the molecule is Cc1cccc(NC(c2cc[nH+]cc2)c2ccc3cccnc3c2O)[nH+]1. The number of phenols is 1. The Morgan fingerprint density at radius 1 is 1.00 bits per heavy atom. The van der Waals surface area contributed by atoms with Crippen LogP contribution in [-0.2, 0) is 0 Å². The Hall–Kier alpha value is -3.47. The molecule has 0 aliphatic heterocycles. The summed E-state index contributed by atoms with van der Waals surface area (Å²) in [5.41, 5.74) is 3.47. The van der Waals surface area contributed by atoms with Crippen molar-refractivity contribution >= 4 is 16.7 Å². The number of aryl methyl sites for hydroxylation is 1. The number of H-pyrrole nitrogens is 2. The zero-order valence-electron chi connectivity index (χ0n) is 14.4. The van der Waals surface area contributed by atoms with Crippen molar-refractivity contribution in [1.29, 1.82) is 0 Å². The summed E-state index contributed by atoms with van der Waals surface area (Å²) < 4.78 is 0. The van der Waals surface area contributed by atoms with Crippen molar-refractivity contribution in [1.82, 2.24) is 4.98 Å². The van der Waals surface area contributed by atoms with E-state index in [1.807, 2.05) is 73.9 Å². The molecule has 0 spiro atoms. The normalized spacial score (nSPS) is 12.0. The Morgan fingerprint density at radius 2 is 1.85 bits per heavy atom. The molecule has 26 heavy (non-hydrogen) atoms. The lowest BCUT2D eigenvalue weighted by Gasteiger charge is -2.17. The molecule has 128 valence electrons. The predicted molar refractivity (Wildman–Crippen MR) is 99.6 cm³/mol. The first kappa shape index (κ1) is 16.0. The minimum absolute atomic E-state index is 0.195. The zero-order chi connectivity index (χ0) is 17.9. The van der Waals surface area contributed by atoms with Crippen LogP contribution in [-0.4, -0.2) is 10.1 Å². The number of benzene rings is 1. The van der Waals surface area contributed by atoms with Gasteiger partial charge in [0.1, 0.15) is 17.3 Å². The predicted octanol–water partition coefficient (Wildman–Crippen LogP) is 3.08. The van der Waals surface area contributed by atoms with E-state index in [1.54, 1.807) is 6.20 Å². The van der Waals surface area contributed by atoms with Crippen molar-refractivity contribution in [2.75, 3.05) is 5.32 Å². The van der Waals surface area contributed by atoms with E-state index in [2.05, 4.69) is 20.3 Å². The molecule has 0 saturated carbocycles. The van der Waals surface area contributed by atoms with Crippen LogP contribution in [0.3, 0.4) is 0 Å². The standard InChI is InChI=1S/C21H18N4O/c1-14-4-2-6-18(24-14)25-19(16-9-12-22-13-10-16)17-8-7-15-5-3-11-23-20(15)21(17)26/h2-13,19,26H,1H3,(H,24,25)/p+2. The summed E-state index contributed by atoms with van der Waals surface area (Å²) in [5.74, 6) is 1.07. The first-order valence-corrected chi connectivity index (χ1v) is 8.50. The largest absolute Gasteiger partial charge is 0.505 e. The Morgan fingerprint density at radius 3 is 2.65 bits per heavy atom. The van der Waals surface area contributed by atoms with E-state index in [9.17, 15) is 5.11 Å². The Bertz CT molecular complexity index is 1050. The van der Waals surface area contributed by atoms with Crippen LogP contribution < -0.4 is 15.3 Å². The molecule has 3 aromatic heterocycles. The van der Waals surface area contributed by atoms with Gasteiger partial charge in [0.05, 0.1) is 5.69 Å². The summed E-state index contributed by atoms with van der Waals surface area (Å²) in [7, 11) is 0. The van der Waals surface area contributed by atoms with Gasteiger partial charge in [-0.1, -0.05) is 18.2 Å². The Balaban J connectivity index is 1.84. The van der Waals surface area contributed by atoms with Gasteiger partial charge in [0.2, 0.25) is 0 Å². The van der Waals surface area contributed by atoms with E-state index in [1.165, 1.54) is 0 Å². The van der Waals surface area contributed by atoms with Crippen molar-refractivity contribution in [3.63, 3.8) is 0 Å². The maximum Gasteiger partial charge on any atom is 0.273 e. The molecule has 1 unspecified atom stereocenters. The first-order valence-electron chi connectivity index (χ1n) is 8.50. The van der Waals surface area contributed by atoms with Crippen LogP contribution >= 0.6 is 0 Å². The fourth-order valence-corrected chi connectivity index (χ4v) is 3.14. The third-order valence-electron chi connectivity index (χ3n) is 4.41. The van der Waals surface area contributed by atoms with Gasteiger partial charge in [0.15, 0.2) is 12.4 Å². The fourth-order valence-electron chi connectivity index (χ4n) is 3.14. The number of rotatable bonds is 4. The van der Waals surface area contributed by atoms with Gasteiger partial charge < -0.3 is 5.11 Å². The van der Waals surface area contributed by atoms with E-state index in [0.717, 1.165) is 28.0 Å². The van der Waals surface area contributed by atoms with Crippen LogP contribution in [0, 0.1) is 6.92 Å². The summed E-state index contributed by atoms with van der Waals surface area (Å²) >= 11 is 0. The number of aromatic hydroxyl groups is 1. The molecule has 0 radical (unpaired) electrons. The molecule has 5 nitrogen and oxygen atoms in total. The van der Waals surface area contributed by atoms with Crippen LogP contribution in [0.4, 0.5) is 5.82 Å². The average molecular weight is 344 g/mol. The number of nitrogens with zero attached hydrogens (tertiary/aromatic N) is 1. The van der Waals surface area contributed by atoms with Crippen LogP contribution in [0.15, 0.2) is 73.2 Å². The van der Waals surface area contributed by atoms with Crippen LogP contribution in [0.1, 0.15) is 22.9 Å². The van der Waals surface area contributed by atoms with Crippen LogP contribution in [0.5, 0.6) is 5.75 Å². The van der Waals surface area contributed by atoms with E-state index in [4.69, 9.17) is 0 Å². The summed E-state index contributed by atoms with van der Waals surface area (Å²) in [6.45, 7) is 2.01. The monoisotopic (exact) mass is 344 g/mol. The van der Waals surface area contributed by atoms with Crippen molar-refractivity contribution in [2.45, 2.75) is 13.0 Å². The van der Waals surface area contributed by atoms with E-state index in [-0.39, 0.29) is 11.8 Å². The molecule has 0 amide bonds. The van der Waals surface area contributed by atoms with Crippen molar-refractivity contribution in [3.05, 3.63) is 90.0 Å². The lowest BCUT2D eigenvalue weighted by Crippen LogP contribution is -2.21. The number of aromatic amines is 2. The molecule has 4 rings (SSSR count). The van der Waals surface area contributed by atoms with Crippen LogP contribution in [0.2, 0.25) is 0 Å². The third kappa shape index (κ3) is 3.07. The highest BCUT2D eigenvalue weighted by Gasteiger charge is 2.24. The smallest absolute Gasteiger partial charge is 0.273 e. The number of anilines is 1. The van der Waals surface area contributed by atoms with Crippen molar-refractivity contribution < 1.29 is 15.1 Å². The molecular formula is C21H20N4O+2. The van der Waals surface area contributed by atoms with E-state index in [0.29, 0.717) is 5.52 Å². The van der Waals surface area contributed by atoms with Gasteiger partial charge in [-0.05, 0) is 25.1 Å². The van der Waals surface area contributed by atoms with Gasteiger partial charge in [-0.2, -0.15) is 0 Å². The first-order chi connectivity index (χ1) is 12.7. The molecule has 5 heteroatoms. The molecule has 0 fully saturated rings. The summed E-state index contributed by atoms with van der Waals surface area (Å²) in [5, 5.41) is 15.3. The number of phenolic OH excluding ortho intramolecular Hbond substituents is 1. The fraction of sp³-hybridized carbons (Fsp3) is 0.0952. The molecule has 0 aliphatic rings. The molecule has 1 atom stereocenters. The maximum atomic E-state index is 10.9. The minimum atomic E-state index is -0.228. The Kier molecular flexibility index (Phi) is 4.19. The molecule has 3 heterocycles. The van der Waals surface area contributed by atoms with Gasteiger partial charge in [0, 0.05) is 40.9 Å². The Labute approximate surface area is 151 Å². The van der Waals surface area contributed by atoms with Crippen LogP contribution in [0.25, 0.3) is 10.9 Å². The van der Waals surface area contributed by atoms with E-state index < -0.39 is 0 Å². The zero-order valence-corrected chi connectivity index (χ0v) is 14.4. The highest BCUT2D eigenvalue weighted by Crippen LogP contribution is 2.35. The van der Waals surface area contributed by atoms with Crippen molar-refractivity contribution in [3.8, 4) is 5.75 Å². The lowest BCUT2D eigenvalue weighted by atomic mass is 9.97. The molecular weight excluding hydrogens is 324 g/mol. The molecule has 4 aromatic rings. The number of nitrogens with one attached hydrogen (secondary N) is 3. The summed E-state index contributed by atoms with van der Waals surface area (Å²) in [4.78, 5) is 10.7. The molecule has 0 saturated heterocycles. The lowest BCUT2D eigenvalue weighted by molar-refractivity contribution is -0.378. The highest BCUT2D eigenvalue weighted by molar-refractivity contribution is 5.85. The van der Waals surface area contributed by atoms with Gasteiger partial charge in [0.25, 0.3) is 5.82 Å². The van der Waals surface area contributed by atoms with Gasteiger partial charge in [-0.25, -0.2) is 9.97 Å². The quantitative estimate of drug-likeness (QED) is 0.597. The number of fused-ring (bicyclic) bond motifs is 1. The second kappa shape index (κ2) is 6.80. The van der Waals surface area contributed by atoms with E-state index >= 15 is 0 Å².